The second-order valence-corrected chi connectivity index (χ2v) is 5.05. The molecule has 0 amide bonds. The third-order valence-electron chi connectivity index (χ3n) is 2.65. The summed E-state index contributed by atoms with van der Waals surface area (Å²) in [4.78, 5) is 12.0. The van der Waals surface area contributed by atoms with E-state index in [0.717, 1.165) is 3.57 Å². The van der Waals surface area contributed by atoms with Gasteiger partial charge in [-0.05, 0) is 34.7 Å². The van der Waals surface area contributed by atoms with Crippen LogP contribution < -0.4 is 0 Å². The molecule has 1 heterocycles. The van der Waals surface area contributed by atoms with E-state index in [-0.39, 0.29) is 6.73 Å². The predicted octanol–water partition coefficient (Wildman–Crippen LogP) is 1.11. The first-order valence-electron chi connectivity index (χ1n) is 5.05. The lowest BCUT2D eigenvalue weighted by Crippen LogP contribution is -2.29. The number of aliphatic hydroxyl groups is 2. The van der Waals surface area contributed by atoms with E-state index in [1.54, 1.807) is 12.1 Å². The number of fused-ring (bicyclic) bond motifs is 1. The number of nitrogens with zero attached hydrogens (tertiary/aromatic N) is 1. The fourth-order valence-electron chi connectivity index (χ4n) is 1.80. The van der Waals surface area contributed by atoms with Gasteiger partial charge in [-0.15, -0.1) is 0 Å². The van der Waals surface area contributed by atoms with Crippen molar-refractivity contribution < 1.29 is 19.7 Å². The molecule has 0 spiro atoms. The summed E-state index contributed by atoms with van der Waals surface area (Å²) in [6.45, 7) is 1.15. The van der Waals surface area contributed by atoms with E-state index in [4.69, 9.17) is 4.74 Å². The maximum atomic E-state index is 10.7. The summed E-state index contributed by atoms with van der Waals surface area (Å²) in [7, 11) is 0. The number of carbonyl (C=O) groups is 1. The number of hydrogen-bond acceptors (Lipinski definition) is 5. The summed E-state index contributed by atoms with van der Waals surface area (Å²) in [6, 6.07) is 5.42. The standard InChI is InChI=1S/C11H12INO4/c1-6(14)17-5-13-10(15)8-3-2-7(12)4-9(8)11(13)16/h2-4,10-11,15-16H,5H2,1H3. The van der Waals surface area contributed by atoms with Crippen LogP contribution in [0.4, 0.5) is 0 Å². The monoisotopic (exact) mass is 349 g/mol. The van der Waals surface area contributed by atoms with E-state index in [0.29, 0.717) is 11.1 Å². The van der Waals surface area contributed by atoms with Gasteiger partial charge in [0.05, 0.1) is 0 Å². The molecule has 0 radical (unpaired) electrons. The Bertz CT molecular complexity index is 451. The van der Waals surface area contributed by atoms with E-state index < -0.39 is 18.4 Å². The van der Waals surface area contributed by atoms with Crippen LogP contribution in [-0.4, -0.2) is 27.8 Å². The molecular formula is C11H12INO4. The molecule has 1 aliphatic rings. The Morgan fingerprint density at radius 2 is 2.06 bits per heavy atom. The van der Waals surface area contributed by atoms with Gasteiger partial charge in [-0.3, -0.25) is 4.79 Å². The van der Waals surface area contributed by atoms with E-state index in [1.165, 1.54) is 11.8 Å². The molecule has 5 nitrogen and oxygen atoms in total. The maximum Gasteiger partial charge on any atom is 0.303 e. The van der Waals surface area contributed by atoms with Crippen LogP contribution in [0.2, 0.25) is 0 Å². The summed E-state index contributed by atoms with van der Waals surface area (Å²) in [5.41, 5.74) is 1.29. The minimum atomic E-state index is -0.950. The highest BCUT2D eigenvalue weighted by atomic mass is 127. The Hall–Kier alpha value is -0.700. The summed E-state index contributed by atoms with van der Waals surface area (Å²) >= 11 is 2.13. The zero-order valence-corrected chi connectivity index (χ0v) is 11.3. The van der Waals surface area contributed by atoms with Crippen molar-refractivity contribution in [1.29, 1.82) is 0 Å². The van der Waals surface area contributed by atoms with Gasteiger partial charge in [-0.25, -0.2) is 4.90 Å². The van der Waals surface area contributed by atoms with Gasteiger partial charge in [0.15, 0.2) is 0 Å². The lowest BCUT2D eigenvalue weighted by atomic mass is 10.1. The fourth-order valence-corrected chi connectivity index (χ4v) is 2.32. The largest absolute Gasteiger partial charge is 0.450 e. The Labute approximate surface area is 112 Å². The van der Waals surface area contributed by atoms with Crippen LogP contribution in [0.5, 0.6) is 0 Å². The quantitative estimate of drug-likeness (QED) is 0.618. The first-order chi connectivity index (χ1) is 8.00. The van der Waals surface area contributed by atoms with Crippen molar-refractivity contribution in [2.45, 2.75) is 19.4 Å². The van der Waals surface area contributed by atoms with Gasteiger partial charge in [0.25, 0.3) is 0 Å². The highest BCUT2D eigenvalue weighted by molar-refractivity contribution is 14.1. The zero-order valence-electron chi connectivity index (χ0n) is 9.13. The van der Waals surface area contributed by atoms with Crippen LogP contribution in [0.3, 0.4) is 0 Å². The number of rotatable bonds is 2. The fraction of sp³-hybridized carbons (Fsp3) is 0.364. The van der Waals surface area contributed by atoms with Crippen molar-refractivity contribution in [3.05, 3.63) is 32.9 Å². The average molecular weight is 349 g/mol. The molecule has 1 aromatic carbocycles. The molecule has 0 saturated carbocycles. The first-order valence-corrected chi connectivity index (χ1v) is 6.13. The number of hydrogen-bond donors (Lipinski definition) is 2. The molecule has 2 rings (SSSR count). The molecule has 0 fully saturated rings. The second-order valence-electron chi connectivity index (χ2n) is 3.80. The molecule has 2 atom stereocenters. The Morgan fingerprint density at radius 3 is 2.71 bits per heavy atom. The molecule has 2 unspecified atom stereocenters. The molecule has 2 N–H and O–H groups in total. The SMILES string of the molecule is CC(=O)OCN1C(O)c2ccc(I)cc2C1O. The number of esters is 1. The summed E-state index contributed by atoms with van der Waals surface area (Å²) in [5.74, 6) is -0.449. The topological polar surface area (TPSA) is 70.0 Å². The zero-order chi connectivity index (χ0) is 12.6. The Balaban J connectivity index is 2.22. The minimum Gasteiger partial charge on any atom is -0.450 e. The van der Waals surface area contributed by atoms with Crippen molar-refractivity contribution in [2.24, 2.45) is 0 Å². The second kappa shape index (κ2) is 4.89. The van der Waals surface area contributed by atoms with Crippen molar-refractivity contribution in [2.75, 3.05) is 6.73 Å². The maximum absolute atomic E-state index is 10.7. The molecule has 17 heavy (non-hydrogen) atoms. The minimum absolute atomic E-state index is 0.136. The number of carbonyl (C=O) groups excluding carboxylic acids is 1. The number of aliphatic hydroxyl groups excluding tert-OH is 2. The van der Waals surface area contributed by atoms with Crippen molar-refractivity contribution >= 4 is 28.6 Å². The molecule has 0 aliphatic carbocycles. The van der Waals surface area contributed by atoms with Gasteiger partial charge in [-0.2, -0.15) is 0 Å². The molecule has 1 aliphatic heterocycles. The van der Waals surface area contributed by atoms with E-state index in [9.17, 15) is 15.0 Å². The lowest BCUT2D eigenvalue weighted by molar-refractivity contribution is -0.165. The van der Waals surface area contributed by atoms with Crippen molar-refractivity contribution in [3.8, 4) is 0 Å². The third-order valence-corrected chi connectivity index (χ3v) is 3.32. The molecule has 0 saturated heterocycles. The molecule has 0 aromatic heterocycles. The predicted molar refractivity (Wildman–Crippen MR) is 67.6 cm³/mol. The first kappa shape index (κ1) is 12.7. The highest BCUT2D eigenvalue weighted by Crippen LogP contribution is 2.39. The van der Waals surface area contributed by atoms with Gasteiger partial charge in [-0.1, -0.05) is 6.07 Å². The van der Waals surface area contributed by atoms with Gasteiger partial charge < -0.3 is 14.9 Å². The van der Waals surface area contributed by atoms with Crippen LogP contribution in [0.25, 0.3) is 0 Å². The van der Waals surface area contributed by atoms with E-state index in [2.05, 4.69) is 22.6 Å². The molecule has 0 bridgehead atoms. The number of benzene rings is 1. The molecule has 92 valence electrons. The molecule has 6 heteroatoms. The lowest BCUT2D eigenvalue weighted by Gasteiger charge is -2.22. The van der Waals surface area contributed by atoms with Gasteiger partial charge >= 0.3 is 5.97 Å². The Morgan fingerprint density at radius 1 is 1.41 bits per heavy atom. The van der Waals surface area contributed by atoms with E-state index in [1.807, 2.05) is 6.07 Å². The summed E-state index contributed by atoms with van der Waals surface area (Å²) in [5, 5.41) is 20.0. The summed E-state index contributed by atoms with van der Waals surface area (Å²) in [6.07, 6.45) is -1.90. The normalized spacial score (nSPS) is 23.5. The smallest absolute Gasteiger partial charge is 0.303 e. The van der Waals surface area contributed by atoms with Gasteiger partial charge in [0.2, 0.25) is 0 Å². The van der Waals surface area contributed by atoms with E-state index >= 15 is 0 Å². The average Bonchev–Trinajstić information content (AvgIpc) is 2.49. The van der Waals surface area contributed by atoms with Crippen molar-refractivity contribution in [1.82, 2.24) is 4.90 Å². The van der Waals surface area contributed by atoms with Crippen LogP contribution in [-0.2, 0) is 9.53 Å². The Kier molecular flexibility index (Phi) is 3.67. The van der Waals surface area contributed by atoms with Crippen LogP contribution in [0, 0.1) is 3.57 Å². The van der Waals surface area contributed by atoms with Gasteiger partial charge in [0.1, 0.15) is 19.2 Å². The number of halogens is 1. The van der Waals surface area contributed by atoms with Gasteiger partial charge in [0, 0.05) is 21.6 Å². The van der Waals surface area contributed by atoms with Crippen LogP contribution in [0.1, 0.15) is 30.5 Å². The molecular weight excluding hydrogens is 337 g/mol. The third kappa shape index (κ3) is 2.44. The van der Waals surface area contributed by atoms with Crippen LogP contribution >= 0.6 is 22.6 Å². The highest BCUT2D eigenvalue weighted by Gasteiger charge is 2.36. The molecule has 1 aromatic rings. The number of ether oxygens (including phenoxy) is 1. The van der Waals surface area contributed by atoms with Crippen molar-refractivity contribution in [3.63, 3.8) is 0 Å². The summed E-state index contributed by atoms with van der Waals surface area (Å²) < 4.78 is 5.77. The van der Waals surface area contributed by atoms with Crippen LogP contribution in [0.15, 0.2) is 18.2 Å².